The lowest BCUT2D eigenvalue weighted by Gasteiger charge is -2.35. The molecule has 4 heteroatoms. The lowest BCUT2D eigenvalue weighted by molar-refractivity contribution is -0.132. The summed E-state index contributed by atoms with van der Waals surface area (Å²) < 4.78 is 0. The number of amides is 1. The molecule has 0 atom stereocenters. The lowest BCUT2D eigenvalue weighted by atomic mass is 10.0. The van der Waals surface area contributed by atoms with Crippen molar-refractivity contribution in [3.05, 3.63) is 0 Å². The minimum Gasteiger partial charge on any atom is -0.343 e. The van der Waals surface area contributed by atoms with Crippen molar-refractivity contribution in [2.75, 3.05) is 33.7 Å². The van der Waals surface area contributed by atoms with Crippen LogP contribution in [0, 0.1) is 0 Å². The van der Waals surface area contributed by atoms with Gasteiger partial charge in [-0.15, -0.1) is 0 Å². The molecule has 0 aromatic carbocycles. The molecular weight excluding hydrogens is 190 g/mol. The fourth-order valence-corrected chi connectivity index (χ4v) is 2.02. The number of carbonyl (C=O) groups is 1. The molecule has 0 aromatic rings. The number of nitrogens with zero attached hydrogens (tertiary/aromatic N) is 2. The maximum absolute atomic E-state index is 11.7. The minimum absolute atomic E-state index is 0.245. The molecule has 0 radical (unpaired) electrons. The Hall–Kier alpha value is -0.610. The number of likely N-dealkylation sites (tertiary alicyclic amines) is 1. The highest BCUT2D eigenvalue weighted by molar-refractivity contribution is 5.76. The molecule has 0 aliphatic carbocycles. The van der Waals surface area contributed by atoms with Gasteiger partial charge in [-0.05, 0) is 45.9 Å². The highest BCUT2D eigenvalue weighted by Crippen LogP contribution is 2.15. The molecule has 1 aliphatic rings. The fraction of sp³-hybridized carbons (Fsp3) is 0.909. The summed E-state index contributed by atoms with van der Waals surface area (Å²) in [5.74, 6) is 0.245. The maximum Gasteiger partial charge on any atom is 0.222 e. The number of hydrogen-bond acceptors (Lipinski definition) is 3. The van der Waals surface area contributed by atoms with Crippen LogP contribution in [0.2, 0.25) is 0 Å². The van der Waals surface area contributed by atoms with Crippen LogP contribution >= 0.6 is 0 Å². The van der Waals surface area contributed by atoms with Crippen molar-refractivity contribution in [3.63, 3.8) is 0 Å². The Morgan fingerprint density at radius 3 is 2.60 bits per heavy atom. The molecule has 1 rings (SSSR count). The summed E-state index contributed by atoms with van der Waals surface area (Å²) in [5, 5.41) is 0. The van der Waals surface area contributed by atoms with Crippen LogP contribution in [0.3, 0.4) is 0 Å². The van der Waals surface area contributed by atoms with Crippen molar-refractivity contribution in [2.45, 2.75) is 31.7 Å². The van der Waals surface area contributed by atoms with Gasteiger partial charge in [0.15, 0.2) is 0 Å². The predicted octanol–water partition coefficient (Wildman–Crippen LogP) is 0.278. The highest BCUT2D eigenvalue weighted by Gasteiger charge is 2.23. The molecule has 0 spiro atoms. The van der Waals surface area contributed by atoms with Gasteiger partial charge in [-0.3, -0.25) is 4.79 Å². The summed E-state index contributed by atoms with van der Waals surface area (Å²) in [6.07, 6.45) is 3.60. The normalized spacial score (nSPS) is 19.1. The third-order valence-corrected chi connectivity index (χ3v) is 3.22. The number of carbonyl (C=O) groups excluding carboxylic acids is 1. The zero-order chi connectivity index (χ0) is 11.3. The number of rotatable bonds is 4. The van der Waals surface area contributed by atoms with Crippen molar-refractivity contribution in [2.24, 2.45) is 5.73 Å². The van der Waals surface area contributed by atoms with Crippen LogP contribution in [0.1, 0.15) is 25.7 Å². The van der Waals surface area contributed by atoms with Gasteiger partial charge in [0.2, 0.25) is 5.91 Å². The highest BCUT2D eigenvalue weighted by atomic mass is 16.2. The molecule has 1 aliphatic heterocycles. The third-order valence-electron chi connectivity index (χ3n) is 3.22. The van der Waals surface area contributed by atoms with Crippen LogP contribution in [-0.4, -0.2) is 55.5 Å². The van der Waals surface area contributed by atoms with Gasteiger partial charge in [-0.1, -0.05) is 0 Å². The van der Waals surface area contributed by atoms with Gasteiger partial charge in [0.05, 0.1) is 0 Å². The second-order valence-electron chi connectivity index (χ2n) is 4.43. The average Bonchev–Trinajstić information content (AvgIpc) is 2.26. The SMILES string of the molecule is CN1CCC(N(C)C(=O)CCCN)CC1. The van der Waals surface area contributed by atoms with Crippen LogP contribution in [0.15, 0.2) is 0 Å². The number of piperidine rings is 1. The van der Waals surface area contributed by atoms with Crippen molar-refractivity contribution in [1.82, 2.24) is 9.80 Å². The summed E-state index contributed by atoms with van der Waals surface area (Å²) in [6.45, 7) is 2.80. The molecule has 4 nitrogen and oxygen atoms in total. The Labute approximate surface area is 92.4 Å². The van der Waals surface area contributed by atoms with E-state index >= 15 is 0 Å². The van der Waals surface area contributed by atoms with Crippen LogP contribution in [0.4, 0.5) is 0 Å². The zero-order valence-corrected chi connectivity index (χ0v) is 9.91. The van der Waals surface area contributed by atoms with E-state index in [1.165, 1.54) is 0 Å². The molecule has 2 N–H and O–H groups in total. The molecule has 0 unspecified atom stereocenters. The van der Waals surface area contributed by atoms with Crippen molar-refractivity contribution in [1.29, 1.82) is 0 Å². The fourth-order valence-electron chi connectivity index (χ4n) is 2.02. The summed E-state index contributed by atoms with van der Waals surface area (Å²) in [7, 11) is 4.06. The van der Waals surface area contributed by atoms with E-state index in [9.17, 15) is 4.79 Å². The predicted molar refractivity (Wildman–Crippen MR) is 61.6 cm³/mol. The summed E-state index contributed by atoms with van der Waals surface area (Å²) >= 11 is 0. The van der Waals surface area contributed by atoms with Gasteiger partial charge in [-0.25, -0.2) is 0 Å². The van der Waals surface area contributed by atoms with E-state index in [1.807, 2.05) is 11.9 Å². The molecule has 1 amide bonds. The summed E-state index contributed by atoms with van der Waals surface area (Å²) in [4.78, 5) is 16.0. The summed E-state index contributed by atoms with van der Waals surface area (Å²) in [6, 6.07) is 0.437. The van der Waals surface area contributed by atoms with Crippen LogP contribution in [0.25, 0.3) is 0 Å². The summed E-state index contributed by atoms with van der Waals surface area (Å²) in [5.41, 5.74) is 5.40. The van der Waals surface area contributed by atoms with Crippen LogP contribution in [0.5, 0.6) is 0 Å². The second-order valence-corrected chi connectivity index (χ2v) is 4.43. The van der Waals surface area contributed by atoms with Gasteiger partial charge in [0.1, 0.15) is 0 Å². The van der Waals surface area contributed by atoms with E-state index in [0.29, 0.717) is 19.0 Å². The van der Waals surface area contributed by atoms with Crippen LogP contribution < -0.4 is 5.73 Å². The molecule has 1 fully saturated rings. The quantitative estimate of drug-likeness (QED) is 0.729. The molecule has 0 aromatic heterocycles. The Kier molecular flexibility index (Phi) is 5.05. The van der Waals surface area contributed by atoms with E-state index in [4.69, 9.17) is 5.73 Å². The van der Waals surface area contributed by atoms with Crippen molar-refractivity contribution >= 4 is 5.91 Å². The van der Waals surface area contributed by atoms with Crippen molar-refractivity contribution < 1.29 is 4.79 Å². The number of hydrogen-bond donors (Lipinski definition) is 1. The monoisotopic (exact) mass is 213 g/mol. The topological polar surface area (TPSA) is 49.6 Å². The van der Waals surface area contributed by atoms with Crippen molar-refractivity contribution in [3.8, 4) is 0 Å². The second kappa shape index (κ2) is 6.08. The van der Waals surface area contributed by atoms with Crippen LogP contribution in [-0.2, 0) is 4.79 Å². The number of nitrogens with two attached hydrogens (primary N) is 1. The minimum atomic E-state index is 0.245. The third kappa shape index (κ3) is 3.80. The molecule has 88 valence electrons. The largest absolute Gasteiger partial charge is 0.343 e. The molecule has 15 heavy (non-hydrogen) atoms. The Balaban J connectivity index is 2.32. The smallest absolute Gasteiger partial charge is 0.222 e. The van der Waals surface area contributed by atoms with Gasteiger partial charge in [0.25, 0.3) is 0 Å². The first kappa shape index (κ1) is 12.5. The van der Waals surface area contributed by atoms with E-state index in [1.54, 1.807) is 0 Å². The van der Waals surface area contributed by atoms with Gasteiger partial charge >= 0.3 is 0 Å². The van der Waals surface area contributed by atoms with E-state index in [-0.39, 0.29) is 5.91 Å². The average molecular weight is 213 g/mol. The molecule has 0 saturated carbocycles. The Bertz CT molecular complexity index is 200. The lowest BCUT2D eigenvalue weighted by Crippen LogP contribution is -2.44. The van der Waals surface area contributed by atoms with Gasteiger partial charge < -0.3 is 15.5 Å². The molecule has 1 saturated heterocycles. The van der Waals surface area contributed by atoms with E-state index < -0.39 is 0 Å². The first-order valence-electron chi connectivity index (χ1n) is 5.79. The first-order valence-corrected chi connectivity index (χ1v) is 5.79. The molecular formula is C11H23N3O. The first-order chi connectivity index (χ1) is 7.15. The van der Waals surface area contributed by atoms with E-state index in [2.05, 4.69) is 11.9 Å². The Morgan fingerprint density at radius 2 is 2.07 bits per heavy atom. The van der Waals surface area contributed by atoms with E-state index in [0.717, 1.165) is 32.4 Å². The maximum atomic E-state index is 11.7. The zero-order valence-electron chi connectivity index (χ0n) is 9.91. The standard InChI is InChI=1S/C11H23N3O/c1-13-8-5-10(6-9-13)14(2)11(15)4-3-7-12/h10H,3-9,12H2,1-2H3. The molecule has 0 bridgehead atoms. The van der Waals surface area contributed by atoms with Gasteiger partial charge in [0, 0.05) is 19.5 Å². The molecule has 1 heterocycles. The Morgan fingerprint density at radius 1 is 1.47 bits per heavy atom. The van der Waals surface area contributed by atoms with Gasteiger partial charge in [-0.2, -0.15) is 0 Å².